The van der Waals surface area contributed by atoms with Crippen LogP contribution in [0.3, 0.4) is 0 Å². The molecular weight excluding hydrogens is 300 g/mol. The maximum absolute atomic E-state index is 12.7. The van der Waals surface area contributed by atoms with Crippen molar-refractivity contribution in [3.8, 4) is 0 Å². The van der Waals surface area contributed by atoms with Gasteiger partial charge in [-0.2, -0.15) is 0 Å². The van der Waals surface area contributed by atoms with E-state index in [-0.39, 0.29) is 35.9 Å². The van der Waals surface area contributed by atoms with Crippen LogP contribution in [0.25, 0.3) is 0 Å². The monoisotopic (exact) mass is 340 g/mol. The Morgan fingerprint density at radius 1 is 0.875 bits per heavy atom. The standard InChI is InChI=1S/C20H40N2O2/c1-10-18(9)22(16(6)7)19(23)12-11-17(8)20(24)21(15(4)5)13-14(2)3/h14-18H,10-13H2,1-9H3. The van der Waals surface area contributed by atoms with Crippen LogP contribution in [0.4, 0.5) is 0 Å². The summed E-state index contributed by atoms with van der Waals surface area (Å²) >= 11 is 0. The zero-order valence-corrected chi connectivity index (χ0v) is 17.4. The molecule has 0 spiro atoms. The molecule has 0 aromatic heterocycles. The minimum absolute atomic E-state index is 0.110. The minimum Gasteiger partial charge on any atom is -0.340 e. The maximum atomic E-state index is 12.7. The molecule has 0 saturated heterocycles. The lowest BCUT2D eigenvalue weighted by molar-refractivity contribution is -0.139. The van der Waals surface area contributed by atoms with Crippen molar-refractivity contribution in [1.82, 2.24) is 9.80 Å². The molecule has 0 aromatic rings. The lowest BCUT2D eigenvalue weighted by Crippen LogP contribution is -2.44. The molecule has 0 N–H and O–H groups in total. The van der Waals surface area contributed by atoms with Gasteiger partial charge in [0.2, 0.25) is 11.8 Å². The number of nitrogens with zero attached hydrogens (tertiary/aromatic N) is 2. The summed E-state index contributed by atoms with van der Waals surface area (Å²) in [5, 5.41) is 0. The Morgan fingerprint density at radius 2 is 1.42 bits per heavy atom. The van der Waals surface area contributed by atoms with Gasteiger partial charge in [-0.3, -0.25) is 9.59 Å². The van der Waals surface area contributed by atoms with Crippen molar-refractivity contribution in [2.24, 2.45) is 11.8 Å². The molecule has 0 radical (unpaired) electrons. The Labute approximate surface area is 150 Å². The van der Waals surface area contributed by atoms with Crippen LogP contribution >= 0.6 is 0 Å². The van der Waals surface area contributed by atoms with E-state index in [0.29, 0.717) is 18.8 Å². The number of carbonyl (C=O) groups excluding carboxylic acids is 2. The van der Waals surface area contributed by atoms with Gasteiger partial charge in [-0.15, -0.1) is 0 Å². The number of amides is 2. The van der Waals surface area contributed by atoms with Crippen LogP contribution in [0.2, 0.25) is 0 Å². The fourth-order valence-electron chi connectivity index (χ4n) is 3.06. The molecule has 142 valence electrons. The Balaban J connectivity index is 4.77. The highest BCUT2D eigenvalue weighted by molar-refractivity contribution is 5.81. The molecule has 0 aromatic carbocycles. The second kappa shape index (κ2) is 10.7. The summed E-state index contributed by atoms with van der Waals surface area (Å²) in [7, 11) is 0. The second-order valence-corrected chi connectivity index (χ2v) is 8.07. The van der Waals surface area contributed by atoms with E-state index in [1.165, 1.54) is 0 Å². The SMILES string of the molecule is CCC(C)N(C(=O)CCC(C)C(=O)N(CC(C)C)C(C)C)C(C)C. The number of hydrogen-bond donors (Lipinski definition) is 0. The molecule has 24 heavy (non-hydrogen) atoms. The molecule has 0 aliphatic heterocycles. The molecule has 4 nitrogen and oxygen atoms in total. The quantitative estimate of drug-likeness (QED) is 0.594. The van der Waals surface area contributed by atoms with E-state index in [2.05, 4.69) is 55.4 Å². The molecule has 0 rings (SSSR count). The van der Waals surface area contributed by atoms with Gasteiger partial charge in [0.1, 0.15) is 0 Å². The number of rotatable bonds is 10. The summed E-state index contributed by atoms with van der Waals surface area (Å²) < 4.78 is 0. The zero-order chi connectivity index (χ0) is 19.0. The predicted octanol–water partition coefficient (Wildman–Crippen LogP) is 4.33. The highest BCUT2D eigenvalue weighted by Crippen LogP contribution is 2.17. The molecule has 4 heteroatoms. The average molecular weight is 341 g/mol. The van der Waals surface area contributed by atoms with Crippen molar-refractivity contribution in [1.29, 1.82) is 0 Å². The summed E-state index contributed by atoms with van der Waals surface area (Å²) in [5.74, 6) is 0.679. The summed E-state index contributed by atoms with van der Waals surface area (Å²) in [6.45, 7) is 19.4. The number of hydrogen-bond acceptors (Lipinski definition) is 2. The van der Waals surface area contributed by atoms with Crippen molar-refractivity contribution >= 4 is 11.8 Å². The van der Waals surface area contributed by atoms with Gasteiger partial charge in [0, 0.05) is 37.0 Å². The molecule has 2 unspecified atom stereocenters. The number of carbonyl (C=O) groups is 2. The minimum atomic E-state index is -0.110. The zero-order valence-electron chi connectivity index (χ0n) is 17.4. The maximum Gasteiger partial charge on any atom is 0.225 e. The Kier molecular flexibility index (Phi) is 10.3. The van der Waals surface area contributed by atoms with Gasteiger partial charge in [-0.25, -0.2) is 0 Å². The third-order valence-electron chi connectivity index (χ3n) is 4.59. The van der Waals surface area contributed by atoms with Gasteiger partial charge >= 0.3 is 0 Å². The van der Waals surface area contributed by atoms with Gasteiger partial charge in [0.05, 0.1) is 0 Å². The summed E-state index contributed by atoms with van der Waals surface area (Å²) in [4.78, 5) is 29.2. The van der Waals surface area contributed by atoms with Gasteiger partial charge in [0.25, 0.3) is 0 Å². The third kappa shape index (κ3) is 7.23. The molecule has 0 saturated carbocycles. The normalized spacial score (nSPS) is 14.2. The van der Waals surface area contributed by atoms with Crippen molar-refractivity contribution in [2.75, 3.05) is 6.54 Å². The van der Waals surface area contributed by atoms with Crippen LogP contribution in [-0.4, -0.2) is 46.3 Å². The topological polar surface area (TPSA) is 40.6 Å². The van der Waals surface area contributed by atoms with Gasteiger partial charge in [-0.05, 0) is 53.4 Å². The first-order valence-corrected chi connectivity index (χ1v) is 9.64. The Bertz CT molecular complexity index is 391. The first-order chi connectivity index (χ1) is 11.0. The summed E-state index contributed by atoms with van der Waals surface area (Å²) in [6, 6.07) is 0.647. The van der Waals surface area contributed by atoms with Crippen LogP contribution in [0.15, 0.2) is 0 Å². The van der Waals surface area contributed by atoms with Crippen molar-refractivity contribution in [3.05, 3.63) is 0 Å². The average Bonchev–Trinajstić information content (AvgIpc) is 2.48. The van der Waals surface area contributed by atoms with Crippen LogP contribution < -0.4 is 0 Å². The fourth-order valence-corrected chi connectivity index (χ4v) is 3.06. The summed E-state index contributed by atoms with van der Waals surface area (Å²) in [6.07, 6.45) is 2.02. The molecule has 0 aliphatic carbocycles. The lowest BCUT2D eigenvalue weighted by atomic mass is 10.0. The largest absolute Gasteiger partial charge is 0.340 e. The first-order valence-electron chi connectivity index (χ1n) is 9.64. The van der Waals surface area contributed by atoms with Gasteiger partial charge < -0.3 is 9.80 Å². The van der Waals surface area contributed by atoms with Gasteiger partial charge in [0.15, 0.2) is 0 Å². The van der Waals surface area contributed by atoms with E-state index in [1.807, 2.05) is 16.7 Å². The van der Waals surface area contributed by atoms with Crippen molar-refractivity contribution in [2.45, 2.75) is 99.7 Å². The van der Waals surface area contributed by atoms with Crippen LogP contribution in [-0.2, 0) is 9.59 Å². The molecule has 0 bridgehead atoms. The van der Waals surface area contributed by atoms with E-state index in [1.54, 1.807) is 0 Å². The van der Waals surface area contributed by atoms with Crippen molar-refractivity contribution in [3.63, 3.8) is 0 Å². The van der Waals surface area contributed by atoms with Crippen LogP contribution in [0, 0.1) is 11.8 Å². The Hall–Kier alpha value is -1.06. The fraction of sp³-hybridized carbons (Fsp3) is 0.900. The highest BCUT2D eigenvalue weighted by atomic mass is 16.2. The molecular formula is C20H40N2O2. The van der Waals surface area contributed by atoms with Crippen molar-refractivity contribution < 1.29 is 9.59 Å². The second-order valence-electron chi connectivity index (χ2n) is 8.07. The van der Waals surface area contributed by atoms with E-state index in [4.69, 9.17) is 0 Å². The molecule has 0 heterocycles. The first kappa shape index (κ1) is 22.9. The van der Waals surface area contributed by atoms with E-state index < -0.39 is 0 Å². The Morgan fingerprint density at radius 3 is 1.79 bits per heavy atom. The van der Waals surface area contributed by atoms with E-state index >= 15 is 0 Å². The van der Waals surface area contributed by atoms with E-state index in [9.17, 15) is 9.59 Å². The lowest BCUT2D eigenvalue weighted by Gasteiger charge is -2.33. The van der Waals surface area contributed by atoms with E-state index in [0.717, 1.165) is 13.0 Å². The van der Waals surface area contributed by atoms with Crippen LogP contribution in [0.5, 0.6) is 0 Å². The summed E-state index contributed by atoms with van der Waals surface area (Å²) in [5.41, 5.74) is 0. The third-order valence-corrected chi connectivity index (χ3v) is 4.59. The molecule has 2 atom stereocenters. The van der Waals surface area contributed by atoms with Crippen LogP contribution in [0.1, 0.15) is 81.6 Å². The highest BCUT2D eigenvalue weighted by Gasteiger charge is 2.26. The smallest absolute Gasteiger partial charge is 0.225 e. The van der Waals surface area contributed by atoms with Gasteiger partial charge in [-0.1, -0.05) is 27.7 Å². The molecule has 2 amide bonds. The molecule has 0 fully saturated rings. The molecule has 0 aliphatic rings. The predicted molar refractivity (Wildman–Crippen MR) is 102 cm³/mol.